The van der Waals surface area contributed by atoms with Gasteiger partial charge in [-0.25, -0.2) is 0 Å². The van der Waals surface area contributed by atoms with Crippen molar-refractivity contribution in [3.8, 4) is 0 Å². The van der Waals surface area contributed by atoms with Crippen LogP contribution in [0.4, 0.5) is 0 Å². The number of carbonyl (C=O) groups excluding carboxylic acids is 2. The molecule has 2 atom stereocenters. The summed E-state index contributed by atoms with van der Waals surface area (Å²) in [5.41, 5.74) is 5.57. The molecule has 0 aromatic carbocycles. The second-order valence-corrected chi connectivity index (χ2v) is 13.7. The third kappa shape index (κ3) is 32.3. The molecule has 266 valence electrons. The van der Waals surface area contributed by atoms with E-state index in [4.69, 9.17) is 15.6 Å². The number of ether oxygens (including phenoxy) is 1. The van der Waals surface area contributed by atoms with E-state index in [-0.39, 0.29) is 37.1 Å². The van der Waals surface area contributed by atoms with Gasteiger partial charge in [-0.05, 0) is 32.1 Å². The molecule has 0 saturated carbocycles. The number of hydrogen-bond acceptors (Lipinski definition) is 5. The second-order valence-electron chi connectivity index (χ2n) is 13.7. The van der Waals surface area contributed by atoms with Crippen molar-refractivity contribution in [3.63, 3.8) is 0 Å². The number of rotatable bonds is 36. The molecule has 0 aliphatic carbocycles. The fourth-order valence-corrected chi connectivity index (χ4v) is 6.12. The van der Waals surface area contributed by atoms with E-state index in [1.807, 2.05) is 0 Å². The van der Waals surface area contributed by atoms with Gasteiger partial charge >= 0.3 is 11.9 Å². The third-order valence-electron chi connectivity index (χ3n) is 9.16. The van der Waals surface area contributed by atoms with E-state index in [1.165, 1.54) is 141 Å². The van der Waals surface area contributed by atoms with Gasteiger partial charge in [0, 0.05) is 19.3 Å². The molecule has 0 rings (SSSR count). The molecule has 0 radical (unpaired) electrons. The van der Waals surface area contributed by atoms with E-state index in [0.29, 0.717) is 12.8 Å². The zero-order valence-corrected chi connectivity index (χ0v) is 29.9. The van der Waals surface area contributed by atoms with E-state index in [2.05, 4.69) is 13.8 Å². The second kappa shape index (κ2) is 33.9. The molecule has 3 N–H and O–H groups in total. The summed E-state index contributed by atoms with van der Waals surface area (Å²) in [5.74, 6) is -1.19. The van der Waals surface area contributed by atoms with Crippen molar-refractivity contribution in [1.29, 1.82) is 0 Å². The SMILES string of the molecule is CCCCCCCCCCCCCCCC(=O)OC(CCCCCCCCCCCCCCC)CC(=O)CCCC(N)C(=O)O. The standard InChI is InChI=1S/C39H75NO5/c1-3-5-7-9-11-13-15-17-19-21-23-25-27-31-36(34-35(41)30-29-32-37(40)39(43)44)45-38(42)33-28-26-24-22-20-18-16-14-12-10-8-6-4-2/h36-37H,3-34,40H2,1-2H3,(H,43,44). The minimum absolute atomic E-state index is 0.0287. The van der Waals surface area contributed by atoms with Gasteiger partial charge in [0.1, 0.15) is 17.9 Å². The van der Waals surface area contributed by atoms with E-state index in [1.54, 1.807) is 0 Å². The summed E-state index contributed by atoms with van der Waals surface area (Å²) in [6.45, 7) is 4.52. The van der Waals surface area contributed by atoms with Crippen molar-refractivity contribution in [3.05, 3.63) is 0 Å². The van der Waals surface area contributed by atoms with Gasteiger partial charge < -0.3 is 15.6 Å². The van der Waals surface area contributed by atoms with Gasteiger partial charge in [0.15, 0.2) is 0 Å². The van der Waals surface area contributed by atoms with Crippen LogP contribution in [-0.2, 0) is 19.1 Å². The van der Waals surface area contributed by atoms with Gasteiger partial charge in [0.25, 0.3) is 0 Å². The van der Waals surface area contributed by atoms with Crippen LogP contribution in [0.2, 0.25) is 0 Å². The van der Waals surface area contributed by atoms with Crippen LogP contribution in [0, 0.1) is 0 Å². The molecular formula is C39H75NO5. The lowest BCUT2D eigenvalue weighted by atomic mass is 10.00. The summed E-state index contributed by atoms with van der Waals surface area (Å²) in [4.78, 5) is 36.2. The lowest BCUT2D eigenvalue weighted by molar-refractivity contribution is -0.151. The van der Waals surface area contributed by atoms with Crippen LogP contribution < -0.4 is 5.73 Å². The Morgan fingerprint density at radius 2 is 0.889 bits per heavy atom. The largest absolute Gasteiger partial charge is 0.480 e. The Labute approximate surface area is 278 Å². The Hall–Kier alpha value is -1.43. The molecule has 6 nitrogen and oxygen atoms in total. The predicted octanol–water partition coefficient (Wildman–Crippen LogP) is 11.4. The van der Waals surface area contributed by atoms with E-state index >= 15 is 0 Å². The van der Waals surface area contributed by atoms with Crippen molar-refractivity contribution in [2.75, 3.05) is 0 Å². The first-order valence-corrected chi connectivity index (χ1v) is 19.6. The topological polar surface area (TPSA) is 107 Å². The number of esters is 1. The molecule has 0 bridgehead atoms. The highest BCUT2D eigenvalue weighted by Gasteiger charge is 2.19. The van der Waals surface area contributed by atoms with E-state index < -0.39 is 12.0 Å². The maximum Gasteiger partial charge on any atom is 0.320 e. The molecule has 0 aromatic heterocycles. The smallest absolute Gasteiger partial charge is 0.320 e. The molecule has 0 aromatic rings. The van der Waals surface area contributed by atoms with E-state index in [9.17, 15) is 14.4 Å². The van der Waals surface area contributed by atoms with Crippen molar-refractivity contribution in [1.82, 2.24) is 0 Å². The van der Waals surface area contributed by atoms with Gasteiger partial charge in [0.2, 0.25) is 0 Å². The Bertz CT molecular complexity index is 682. The number of Topliss-reactive ketones (excluding diaryl/α,β-unsaturated/α-hetero) is 1. The summed E-state index contributed by atoms with van der Waals surface area (Å²) in [6, 6.07) is -0.933. The molecular weight excluding hydrogens is 562 g/mol. The number of carboxylic acid groups (broad SMARTS) is 1. The van der Waals surface area contributed by atoms with Crippen LogP contribution in [0.25, 0.3) is 0 Å². The average molecular weight is 638 g/mol. The molecule has 0 aliphatic heterocycles. The summed E-state index contributed by atoms with van der Waals surface area (Å²) in [5, 5.41) is 8.97. The molecule has 0 amide bonds. The maximum absolute atomic E-state index is 12.6. The number of hydrogen-bond donors (Lipinski definition) is 2. The zero-order valence-electron chi connectivity index (χ0n) is 29.9. The van der Waals surface area contributed by atoms with Crippen LogP contribution in [0.15, 0.2) is 0 Å². The molecule has 0 saturated heterocycles. The summed E-state index contributed by atoms with van der Waals surface area (Å²) >= 11 is 0. The number of carbonyl (C=O) groups is 3. The Morgan fingerprint density at radius 1 is 0.511 bits per heavy atom. The zero-order chi connectivity index (χ0) is 33.2. The molecule has 6 heteroatoms. The number of nitrogens with two attached hydrogens (primary N) is 1. The van der Waals surface area contributed by atoms with Crippen molar-refractivity contribution in [2.24, 2.45) is 5.73 Å². The number of unbranched alkanes of at least 4 members (excludes halogenated alkanes) is 24. The molecule has 0 fully saturated rings. The first kappa shape index (κ1) is 43.6. The van der Waals surface area contributed by atoms with Crippen molar-refractivity contribution >= 4 is 17.7 Å². The van der Waals surface area contributed by atoms with Crippen LogP contribution >= 0.6 is 0 Å². The number of aliphatic carboxylic acids is 1. The van der Waals surface area contributed by atoms with Crippen LogP contribution in [0.3, 0.4) is 0 Å². The minimum atomic E-state index is -1.04. The molecule has 45 heavy (non-hydrogen) atoms. The van der Waals surface area contributed by atoms with Gasteiger partial charge in [-0.3, -0.25) is 14.4 Å². The average Bonchev–Trinajstić information content (AvgIpc) is 3.01. The van der Waals surface area contributed by atoms with Crippen molar-refractivity contribution < 1.29 is 24.2 Å². The minimum Gasteiger partial charge on any atom is -0.480 e. The molecule has 0 aliphatic rings. The maximum atomic E-state index is 12.6. The lowest BCUT2D eigenvalue weighted by Crippen LogP contribution is -2.30. The summed E-state index contributed by atoms with van der Waals surface area (Å²) < 4.78 is 5.82. The number of carboxylic acids is 1. The van der Waals surface area contributed by atoms with Crippen LogP contribution in [0.5, 0.6) is 0 Å². The molecule has 0 heterocycles. The van der Waals surface area contributed by atoms with Gasteiger partial charge in [-0.1, -0.05) is 168 Å². The predicted molar refractivity (Wildman–Crippen MR) is 190 cm³/mol. The normalized spacial score (nSPS) is 12.7. The monoisotopic (exact) mass is 638 g/mol. The van der Waals surface area contributed by atoms with E-state index in [0.717, 1.165) is 32.1 Å². The Kier molecular flexibility index (Phi) is 32.8. The first-order valence-electron chi connectivity index (χ1n) is 19.6. The molecule has 2 unspecified atom stereocenters. The summed E-state index contributed by atoms with van der Waals surface area (Å²) in [7, 11) is 0. The fraction of sp³-hybridized carbons (Fsp3) is 0.923. The lowest BCUT2D eigenvalue weighted by Gasteiger charge is -2.18. The fourth-order valence-electron chi connectivity index (χ4n) is 6.12. The summed E-state index contributed by atoms with van der Waals surface area (Å²) in [6.07, 6.45) is 35.2. The molecule has 0 spiro atoms. The van der Waals surface area contributed by atoms with Crippen molar-refractivity contribution in [2.45, 2.75) is 231 Å². The number of ketones is 1. The highest BCUT2D eigenvalue weighted by molar-refractivity contribution is 5.79. The highest BCUT2D eigenvalue weighted by atomic mass is 16.5. The van der Waals surface area contributed by atoms with Gasteiger partial charge in [-0.15, -0.1) is 0 Å². The first-order chi connectivity index (χ1) is 21.9. The van der Waals surface area contributed by atoms with Crippen LogP contribution in [-0.4, -0.2) is 35.0 Å². The van der Waals surface area contributed by atoms with Gasteiger partial charge in [-0.2, -0.15) is 0 Å². The Morgan fingerprint density at radius 3 is 1.29 bits per heavy atom. The van der Waals surface area contributed by atoms with Gasteiger partial charge in [0.05, 0.1) is 0 Å². The quantitative estimate of drug-likeness (QED) is 0.0523. The Balaban J connectivity index is 4.18. The van der Waals surface area contributed by atoms with Crippen LogP contribution in [0.1, 0.15) is 219 Å². The third-order valence-corrected chi connectivity index (χ3v) is 9.16. The highest BCUT2D eigenvalue weighted by Crippen LogP contribution is 2.18.